The zero-order chi connectivity index (χ0) is 20.5. The predicted molar refractivity (Wildman–Crippen MR) is 107 cm³/mol. The number of imidazole rings is 1. The van der Waals surface area contributed by atoms with Crippen LogP contribution in [-0.4, -0.2) is 34.5 Å². The summed E-state index contributed by atoms with van der Waals surface area (Å²) in [5.74, 6) is 0. The monoisotopic (exact) mass is 398 g/mol. The SMILES string of the molecule is CCCCOCCO[C](c1cccc2ccccc12)C(O[N+](=O)[O-])n1ccnc1. The Kier molecular flexibility index (Phi) is 7.54. The molecule has 0 aliphatic heterocycles. The van der Waals surface area contributed by atoms with Gasteiger partial charge in [-0.2, -0.15) is 0 Å². The van der Waals surface area contributed by atoms with Crippen LogP contribution >= 0.6 is 0 Å². The van der Waals surface area contributed by atoms with E-state index in [4.69, 9.17) is 14.3 Å². The van der Waals surface area contributed by atoms with E-state index >= 15 is 0 Å². The maximum Gasteiger partial charge on any atom is 0.296 e. The molecule has 29 heavy (non-hydrogen) atoms. The molecule has 3 rings (SSSR count). The lowest BCUT2D eigenvalue weighted by Gasteiger charge is -2.26. The van der Waals surface area contributed by atoms with E-state index in [9.17, 15) is 10.1 Å². The number of fused-ring (bicyclic) bond motifs is 1. The van der Waals surface area contributed by atoms with Gasteiger partial charge in [-0.3, -0.25) is 4.84 Å². The standard InChI is InChI=1S/C21H24N3O5/c1-2-3-13-27-14-15-28-20(21(29-24(25)26)23-12-11-22-16-23)19-10-6-8-17-7-4-5-9-18(17)19/h4-12,16,21H,2-3,13-15H2,1H3. The van der Waals surface area contributed by atoms with Gasteiger partial charge in [0.1, 0.15) is 0 Å². The Morgan fingerprint density at radius 3 is 2.76 bits per heavy atom. The third-order valence-corrected chi connectivity index (χ3v) is 4.39. The number of nitrogens with zero attached hydrogens (tertiary/aromatic N) is 3. The Balaban J connectivity index is 1.91. The van der Waals surface area contributed by atoms with Crippen molar-refractivity contribution < 1.29 is 19.4 Å². The van der Waals surface area contributed by atoms with E-state index in [0.717, 1.165) is 29.2 Å². The van der Waals surface area contributed by atoms with Gasteiger partial charge in [0.25, 0.3) is 5.09 Å². The molecule has 0 saturated carbocycles. The fourth-order valence-electron chi connectivity index (χ4n) is 3.01. The van der Waals surface area contributed by atoms with Gasteiger partial charge in [-0.05, 0) is 22.8 Å². The normalized spacial score (nSPS) is 12.3. The molecule has 0 amide bonds. The number of unbranched alkanes of at least 4 members (excludes halogenated alkanes) is 1. The van der Waals surface area contributed by atoms with E-state index in [1.165, 1.54) is 17.1 Å². The summed E-state index contributed by atoms with van der Waals surface area (Å²) in [6, 6.07) is 13.5. The summed E-state index contributed by atoms with van der Waals surface area (Å²) in [5, 5.41) is 12.3. The molecule has 1 heterocycles. The number of ether oxygens (including phenoxy) is 2. The largest absolute Gasteiger partial charge is 0.379 e. The highest BCUT2D eigenvalue weighted by Gasteiger charge is 2.31. The van der Waals surface area contributed by atoms with Gasteiger partial charge in [-0.15, -0.1) is 10.1 Å². The average molecular weight is 398 g/mol. The van der Waals surface area contributed by atoms with Crippen molar-refractivity contribution in [1.29, 1.82) is 0 Å². The quantitative estimate of drug-likeness (QED) is 0.259. The van der Waals surface area contributed by atoms with Crippen molar-refractivity contribution in [3.8, 4) is 0 Å². The van der Waals surface area contributed by atoms with Crippen LogP contribution in [0.15, 0.2) is 61.2 Å². The molecule has 0 fully saturated rings. The van der Waals surface area contributed by atoms with Crippen molar-refractivity contribution in [3.05, 3.63) is 83.0 Å². The molecule has 2 aromatic carbocycles. The molecule has 1 aromatic heterocycles. The fraction of sp³-hybridized carbons (Fsp3) is 0.333. The van der Waals surface area contributed by atoms with Crippen molar-refractivity contribution in [3.63, 3.8) is 0 Å². The Morgan fingerprint density at radius 2 is 2.00 bits per heavy atom. The Labute approximate surface area is 169 Å². The summed E-state index contributed by atoms with van der Waals surface area (Å²) in [5.41, 5.74) is 0.720. The first-order valence-electron chi connectivity index (χ1n) is 9.55. The molecule has 1 unspecified atom stereocenters. The second kappa shape index (κ2) is 10.5. The van der Waals surface area contributed by atoms with Crippen LogP contribution in [0.25, 0.3) is 10.8 Å². The van der Waals surface area contributed by atoms with E-state index < -0.39 is 11.3 Å². The number of benzene rings is 2. The number of hydrogen-bond donors (Lipinski definition) is 0. The predicted octanol–water partition coefficient (Wildman–Crippen LogP) is 4.16. The summed E-state index contributed by atoms with van der Waals surface area (Å²) < 4.78 is 13.1. The van der Waals surface area contributed by atoms with Gasteiger partial charge in [0.15, 0.2) is 6.10 Å². The molecule has 1 atom stereocenters. The molecule has 0 aliphatic carbocycles. The van der Waals surface area contributed by atoms with Gasteiger partial charge in [0.05, 0.1) is 19.5 Å². The second-order valence-electron chi connectivity index (χ2n) is 6.40. The molecule has 3 aromatic rings. The molecule has 0 N–H and O–H groups in total. The maximum absolute atomic E-state index is 11.2. The van der Waals surface area contributed by atoms with Crippen molar-refractivity contribution in [2.24, 2.45) is 0 Å². The van der Waals surface area contributed by atoms with Crippen LogP contribution in [0.1, 0.15) is 31.6 Å². The lowest BCUT2D eigenvalue weighted by molar-refractivity contribution is -0.775. The number of hydrogen-bond acceptors (Lipinski definition) is 6. The van der Waals surface area contributed by atoms with E-state index in [1.54, 1.807) is 6.20 Å². The molecule has 0 spiro atoms. The first kappa shape index (κ1) is 20.8. The van der Waals surface area contributed by atoms with Crippen LogP contribution in [0.2, 0.25) is 0 Å². The van der Waals surface area contributed by atoms with Crippen molar-refractivity contribution in [2.45, 2.75) is 26.0 Å². The first-order valence-corrected chi connectivity index (χ1v) is 9.55. The molecule has 1 radical (unpaired) electrons. The second-order valence-corrected chi connectivity index (χ2v) is 6.40. The first-order chi connectivity index (χ1) is 14.2. The lowest BCUT2D eigenvalue weighted by Crippen LogP contribution is -2.26. The van der Waals surface area contributed by atoms with Crippen molar-refractivity contribution in [2.75, 3.05) is 19.8 Å². The highest BCUT2D eigenvalue weighted by molar-refractivity contribution is 5.87. The molecule has 153 valence electrons. The molecule has 0 saturated heterocycles. The van der Waals surface area contributed by atoms with E-state index in [1.807, 2.05) is 42.5 Å². The van der Waals surface area contributed by atoms with Gasteiger partial charge >= 0.3 is 0 Å². The minimum atomic E-state index is -1.10. The smallest absolute Gasteiger partial charge is 0.296 e. The van der Waals surface area contributed by atoms with E-state index in [-0.39, 0.29) is 6.61 Å². The third kappa shape index (κ3) is 5.52. The summed E-state index contributed by atoms with van der Waals surface area (Å²) in [6.45, 7) is 3.37. The zero-order valence-corrected chi connectivity index (χ0v) is 16.3. The Morgan fingerprint density at radius 1 is 1.17 bits per heavy atom. The minimum absolute atomic E-state index is 0.245. The molecule has 8 heteroatoms. The van der Waals surface area contributed by atoms with Gasteiger partial charge in [0, 0.05) is 19.0 Å². The fourth-order valence-corrected chi connectivity index (χ4v) is 3.01. The average Bonchev–Trinajstić information content (AvgIpc) is 3.26. The summed E-state index contributed by atoms with van der Waals surface area (Å²) in [7, 11) is 0. The van der Waals surface area contributed by atoms with Gasteiger partial charge in [-0.25, -0.2) is 4.98 Å². The highest BCUT2D eigenvalue weighted by atomic mass is 17.0. The van der Waals surface area contributed by atoms with Crippen LogP contribution < -0.4 is 0 Å². The van der Waals surface area contributed by atoms with Crippen LogP contribution in [0.3, 0.4) is 0 Å². The topological polar surface area (TPSA) is 88.6 Å². The molecule has 8 nitrogen and oxygen atoms in total. The van der Waals surface area contributed by atoms with Crippen LogP contribution in [-0.2, 0) is 14.3 Å². The summed E-state index contributed by atoms with van der Waals surface area (Å²) in [4.78, 5) is 20.2. The van der Waals surface area contributed by atoms with Crippen molar-refractivity contribution in [1.82, 2.24) is 9.55 Å². The van der Waals surface area contributed by atoms with Crippen LogP contribution in [0.5, 0.6) is 0 Å². The summed E-state index contributed by atoms with van der Waals surface area (Å²) in [6.07, 6.45) is 5.84. The molecular weight excluding hydrogens is 374 g/mol. The highest BCUT2D eigenvalue weighted by Crippen LogP contribution is 2.34. The van der Waals surface area contributed by atoms with Gasteiger partial charge in [0.2, 0.25) is 6.23 Å². The molecule has 0 aliphatic rings. The third-order valence-electron chi connectivity index (χ3n) is 4.39. The van der Waals surface area contributed by atoms with Gasteiger partial charge in [-0.1, -0.05) is 55.8 Å². The number of aromatic nitrogens is 2. The summed E-state index contributed by atoms with van der Waals surface area (Å²) >= 11 is 0. The Bertz CT molecular complexity index is 895. The minimum Gasteiger partial charge on any atom is -0.379 e. The van der Waals surface area contributed by atoms with Crippen molar-refractivity contribution >= 4 is 10.8 Å². The zero-order valence-electron chi connectivity index (χ0n) is 16.3. The van der Waals surface area contributed by atoms with Gasteiger partial charge < -0.3 is 14.0 Å². The molecular formula is C21H24N3O5. The van der Waals surface area contributed by atoms with Crippen LogP contribution in [0, 0.1) is 16.2 Å². The molecule has 0 bridgehead atoms. The van der Waals surface area contributed by atoms with E-state index in [2.05, 4.69) is 11.9 Å². The number of rotatable bonds is 12. The van der Waals surface area contributed by atoms with Crippen LogP contribution in [0.4, 0.5) is 0 Å². The Hall–Kier alpha value is -2.97. The van der Waals surface area contributed by atoms with E-state index in [0.29, 0.717) is 19.3 Å². The maximum atomic E-state index is 11.2. The lowest BCUT2D eigenvalue weighted by atomic mass is 9.99.